The predicted molar refractivity (Wildman–Crippen MR) is 367 cm³/mol. The molecular weight excluding hydrogens is 1260 g/mol. The van der Waals surface area contributed by atoms with Crippen LogP contribution in [-0.4, -0.2) is 15.0 Å². The molecule has 0 aliphatic carbocycles. The zero-order chi connectivity index (χ0) is 60.2. The third-order valence-electron chi connectivity index (χ3n) is 17.4. The summed E-state index contributed by atoms with van der Waals surface area (Å²) >= 11 is 0. The molecule has 6 aromatic heterocycles. The number of benzene rings is 6. The van der Waals surface area contributed by atoms with Crippen LogP contribution < -0.4 is 0 Å². The van der Waals surface area contributed by atoms with Crippen molar-refractivity contribution in [3.63, 3.8) is 0 Å². The molecule has 0 unspecified atom stereocenters. The van der Waals surface area contributed by atoms with Gasteiger partial charge in [-0.05, 0) is 92.0 Å². The minimum atomic E-state index is 0. The van der Waals surface area contributed by atoms with Gasteiger partial charge in [-0.15, -0.1) is 53.1 Å². The fourth-order valence-corrected chi connectivity index (χ4v) is 12.5. The second-order valence-electron chi connectivity index (χ2n) is 23.7. The van der Waals surface area contributed by atoms with Crippen LogP contribution in [0.5, 0.6) is 0 Å². The molecule has 0 bridgehead atoms. The number of fused-ring (bicyclic) bond motifs is 9. The molecule has 0 aliphatic rings. The number of hydrogen-bond acceptors (Lipinski definition) is 6. The first-order valence-electron chi connectivity index (χ1n) is 33.3. The molecule has 12 aromatic rings. The van der Waals surface area contributed by atoms with Gasteiger partial charge in [0.2, 0.25) is 0 Å². The van der Waals surface area contributed by atoms with Gasteiger partial charge in [0, 0.05) is 34.7 Å². The summed E-state index contributed by atoms with van der Waals surface area (Å²) in [6.07, 6.45) is 35.7. The number of hydrogen-bond donors (Lipinski definition) is 0. The largest absolute Gasteiger partial charge is 3.00 e. The Kier molecular flexibility index (Phi) is 24.8. The molecule has 6 heterocycles. The van der Waals surface area contributed by atoms with E-state index < -0.39 is 0 Å². The molecule has 12 rings (SSSR count). The van der Waals surface area contributed by atoms with Crippen molar-refractivity contribution in [1.29, 1.82) is 0 Å². The van der Waals surface area contributed by atoms with Gasteiger partial charge in [-0.3, -0.25) is 0 Å². The number of para-hydroxylation sites is 3. The van der Waals surface area contributed by atoms with E-state index in [0.29, 0.717) is 0 Å². The van der Waals surface area contributed by atoms with E-state index >= 15 is 0 Å². The molecule has 0 amide bonds. The first-order chi connectivity index (χ1) is 42.9. The molecule has 6 nitrogen and oxygen atoms in total. The van der Waals surface area contributed by atoms with Crippen molar-refractivity contribution in [2.45, 2.75) is 196 Å². The molecule has 0 radical (unpaired) electrons. The van der Waals surface area contributed by atoms with Crippen molar-refractivity contribution in [2.75, 3.05) is 0 Å². The van der Waals surface area contributed by atoms with E-state index in [9.17, 15) is 0 Å². The van der Waals surface area contributed by atoms with Crippen molar-refractivity contribution < 1.29 is 33.4 Å². The van der Waals surface area contributed by atoms with Gasteiger partial charge in [0.1, 0.15) is 16.7 Å². The van der Waals surface area contributed by atoms with Crippen LogP contribution in [0.15, 0.2) is 159 Å². The second kappa shape index (κ2) is 33.4. The van der Waals surface area contributed by atoms with Gasteiger partial charge in [0.25, 0.3) is 0 Å². The average Bonchev–Trinajstić information content (AvgIpc) is 1.73. The summed E-state index contributed by atoms with van der Waals surface area (Å²) in [6, 6.07) is 54.7. The Morgan fingerprint density at radius 2 is 0.602 bits per heavy atom. The average molecular weight is 1350 g/mol. The minimum absolute atomic E-state index is 0. The molecule has 0 saturated heterocycles. The number of nitrogens with zero attached hydrogens (tertiary/aromatic N) is 3. The van der Waals surface area contributed by atoms with Crippen molar-refractivity contribution in [3.05, 3.63) is 198 Å². The van der Waals surface area contributed by atoms with E-state index in [4.69, 9.17) is 13.3 Å². The summed E-state index contributed by atoms with van der Waals surface area (Å²) < 4.78 is 18.9. The zero-order valence-electron chi connectivity index (χ0n) is 53.2. The summed E-state index contributed by atoms with van der Waals surface area (Å²) in [7, 11) is 0. The molecule has 0 atom stereocenters. The first-order valence-corrected chi connectivity index (χ1v) is 33.3. The Labute approximate surface area is 537 Å². The monoisotopic (exact) mass is 1350 g/mol. The minimum Gasteiger partial charge on any atom is -0.501 e. The molecule has 456 valence electrons. The Bertz CT molecular complexity index is 3710. The topological polar surface area (TPSA) is 78.1 Å². The van der Waals surface area contributed by atoms with Crippen LogP contribution in [0.4, 0.5) is 0 Å². The van der Waals surface area contributed by atoms with Crippen molar-refractivity contribution in [3.8, 4) is 33.8 Å². The quantitative estimate of drug-likeness (QED) is 0.0377. The van der Waals surface area contributed by atoms with Gasteiger partial charge in [-0.25, -0.2) is 0 Å². The first kappa shape index (κ1) is 65.3. The Morgan fingerprint density at radius 3 is 0.886 bits per heavy atom. The number of pyridine rings is 3. The number of aromatic nitrogens is 3. The van der Waals surface area contributed by atoms with E-state index in [1.54, 1.807) is 0 Å². The van der Waals surface area contributed by atoms with Crippen molar-refractivity contribution in [1.82, 2.24) is 15.0 Å². The molecular formula is C81H90IrN3O3. The van der Waals surface area contributed by atoms with Gasteiger partial charge in [-0.2, -0.15) is 0 Å². The molecule has 0 N–H and O–H groups in total. The van der Waals surface area contributed by atoms with Crippen molar-refractivity contribution in [2.24, 2.45) is 0 Å². The predicted octanol–water partition coefficient (Wildman–Crippen LogP) is 23.7. The van der Waals surface area contributed by atoms with Gasteiger partial charge >= 0.3 is 20.1 Å². The number of aryl methyl sites for hydroxylation is 6. The van der Waals surface area contributed by atoms with Crippen LogP contribution in [-0.2, 0) is 58.6 Å². The Hall–Kier alpha value is -7.18. The molecule has 6 aromatic carbocycles. The van der Waals surface area contributed by atoms with E-state index in [1.807, 2.05) is 55.0 Å². The van der Waals surface area contributed by atoms with Crippen LogP contribution in [0.1, 0.15) is 190 Å². The summed E-state index contributed by atoms with van der Waals surface area (Å²) in [5, 5.41) is 7.16. The third-order valence-corrected chi connectivity index (χ3v) is 17.4. The normalized spacial score (nSPS) is 11.4. The summed E-state index contributed by atoms with van der Waals surface area (Å²) in [5.74, 6) is 0. The maximum absolute atomic E-state index is 6.29. The van der Waals surface area contributed by atoms with E-state index in [0.717, 1.165) is 106 Å². The number of furan rings is 3. The zero-order valence-corrected chi connectivity index (χ0v) is 55.6. The molecule has 7 heteroatoms. The maximum Gasteiger partial charge on any atom is 3.00 e. The third kappa shape index (κ3) is 16.0. The molecule has 0 saturated carbocycles. The Morgan fingerprint density at radius 1 is 0.330 bits per heavy atom. The second-order valence-corrected chi connectivity index (χ2v) is 23.7. The van der Waals surface area contributed by atoms with Crippen molar-refractivity contribution >= 4 is 65.8 Å². The van der Waals surface area contributed by atoms with E-state index in [2.05, 4.69) is 166 Å². The van der Waals surface area contributed by atoms with Crippen LogP contribution in [0.25, 0.3) is 99.6 Å². The molecule has 0 spiro atoms. The van der Waals surface area contributed by atoms with Gasteiger partial charge < -0.3 is 28.2 Å². The van der Waals surface area contributed by atoms with Crippen LogP contribution in [0, 0.1) is 18.2 Å². The summed E-state index contributed by atoms with van der Waals surface area (Å²) in [5.41, 5.74) is 19.2. The van der Waals surface area contributed by atoms with Gasteiger partial charge in [0.05, 0.1) is 16.7 Å². The fourth-order valence-electron chi connectivity index (χ4n) is 12.5. The van der Waals surface area contributed by atoms with E-state index in [1.165, 1.54) is 181 Å². The van der Waals surface area contributed by atoms with Gasteiger partial charge in [0.15, 0.2) is 0 Å². The molecule has 88 heavy (non-hydrogen) atoms. The van der Waals surface area contributed by atoms with Crippen LogP contribution in [0.3, 0.4) is 0 Å². The smallest absolute Gasteiger partial charge is 0.501 e. The van der Waals surface area contributed by atoms with Gasteiger partial charge in [-0.1, -0.05) is 279 Å². The van der Waals surface area contributed by atoms with Crippen LogP contribution >= 0.6 is 0 Å². The van der Waals surface area contributed by atoms with Crippen LogP contribution in [0.2, 0.25) is 0 Å². The Balaban J connectivity index is 0.000000156. The number of rotatable bonds is 27. The molecule has 0 aliphatic heterocycles. The number of unbranched alkanes of at least 4 members (excludes halogenated alkanes) is 15. The maximum atomic E-state index is 6.29. The summed E-state index contributed by atoms with van der Waals surface area (Å²) in [4.78, 5) is 14.0. The SMILES string of the molecule is CCCCCCCCc1ccnc(-c2[c-]cc(CC)c3c2oc2ccccc23)c1.CCCCCCCCc1ccnc(-c2[c-]cc(CC)c3c2oc2ccccc23)c1.CCCCCCCCc1ccnc(-c2[c-]cc(CC)c3c2oc2ccccc23)c1.[Ir+3]. The molecule has 0 fully saturated rings. The van der Waals surface area contributed by atoms with E-state index in [-0.39, 0.29) is 20.1 Å². The standard InChI is InChI=1S/3C27H30NO.Ir/c3*1-3-5-6-7-8-9-12-20-17-18-28-24(19-20)22-16-15-21(4-2)26-23-13-10-11-14-25(23)29-27(22)26;/h3*10-11,13-15,17-19H,3-9,12H2,1-2H3;/q3*-1;+3. The summed E-state index contributed by atoms with van der Waals surface area (Å²) in [6.45, 7) is 13.3. The fraction of sp³-hybridized carbons (Fsp3) is 0.370.